The number of aryl methyl sites for hydroxylation is 1. The van der Waals surface area contributed by atoms with Crippen molar-refractivity contribution in [2.24, 2.45) is 0 Å². The summed E-state index contributed by atoms with van der Waals surface area (Å²) in [4.78, 5) is 6.30. The Bertz CT molecular complexity index is 539. The van der Waals surface area contributed by atoms with E-state index in [-0.39, 0.29) is 0 Å². The first-order valence-electron chi connectivity index (χ1n) is 5.20. The average Bonchev–Trinajstić information content (AvgIpc) is 2.57. The lowest BCUT2D eigenvalue weighted by atomic mass is 9.97. The topological polar surface area (TPSA) is 66.5 Å². The Balaban J connectivity index is 2.05. The minimum Gasteiger partial charge on any atom is -0.386 e. The first-order valence-corrected chi connectivity index (χ1v) is 5.20. The fourth-order valence-corrected chi connectivity index (χ4v) is 2.08. The summed E-state index contributed by atoms with van der Waals surface area (Å²) in [7, 11) is 0. The van der Waals surface area contributed by atoms with Crippen molar-refractivity contribution >= 4 is 11.5 Å². The number of nitrogens with zero attached hydrogens (tertiary/aromatic N) is 5. The quantitative estimate of drug-likeness (QED) is 0.731. The lowest BCUT2D eigenvalue weighted by Crippen LogP contribution is -2.60. The number of hydrogen-bond acceptors (Lipinski definition) is 5. The van der Waals surface area contributed by atoms with Crippen LogP contribution in [0.4, 0.5) is 5.82 Å². The van der Waals surface area contributed by atoms with Crippen molar-refractivity contribution in [3.63, 3.8) is 0 Å². The molecule has 1 saturated heterocycles. The van der Waals surface area contributed by atoms with Gasteiger partial charge in [0.1, 0.15) is 5.82 Å². The van der Waals surface area contributed by atoms with E-state index in [1.54, 1.807) is 6.20 Å². The van der Waals surface area contributed by atoms with Gasteiger partial charge in [-0.25, -0.2) is 4.98 Å². The molecule has 0 saturated carbocycles. The van der Waals surface area contributed by atoms with Crippen molar-refractivity contribution in [3.05, 3.63) is 18.2 Å². The second kappa shape index (κ2) is 2.91. The van der Waals surface area contributed by atoms with E-state index in [1.807, 2.05) is 29.3 Å². The lowest BCUT2D eigenvalue weighted by molar-refractivity contribution is 0.0306. The molecule has 6 nitrogen and oxygen atoms in total. The molecule has 1 aliphatic heterocycles. The van der Waals surface area contributed by atoms with E-state index < -0.39 is 5.60 Å². The molecule has 84 valence electrons. The number of aliphatic hydroxyl groups is 1. The summed E-state index contributed by atoms with van der Waals surface area (Å²) in [6.45, 7) is 4.89. The standard InChI is InChI=1S/C10H13N5O/c1-7-12-13-9-8(11-3-4-15(7)9)14-5-10(2,16)6-14/h3-4,16H,5-6H2,1-2H3. The zero-order valence-corrected chi connectivity index (χ0v) is 9.25. The molecule has 3 rings (SSSR count). The van der Waals surface area contributed by atoms with Gasteiger partial charge in [-0.3, -0.25) is 4.40 Å². The Morgan fingerprint density at radius 2 is 2.12 bits per heavy atom. The highest BCUT2D eigenvalue weighted by molar-refractivity contribution is 5.65. The van der Waals surface area contributed by atoms with Crippen LogP contribution in [0, 0.1) is 6.92 Å². The van der Waals surface area contributed by atoms with Gasteiger partial charge in [-0.1, -0.05) is 0 Å². The zero-order chi connectivity index (χ0) is 11.3. The third kappa shape index (κ3) is 1.26. The van der Waals surface area contributed by atoms with Crippen molar-refractivity contribution < 1.29 is 5.11 Å². The zero-order valence-electron chi connectivity index (χ0n) is 9.25. The summed E-state index contributed by atoms with van der Waals surface area (Å²) < 4.78 is 1.90. The molecule has 0 aliphatic carbocycles. The van der Waals surface area contributed by atoms with Gasteiger partial charge < -0.3 is 10.0 Å². The number of anilines is 1. The molecule has 2 aromatic rings. The van der Waals surface area contributed by atoms with Crippen LogP contribution in [0.2, 0.25) is 0 Å². The second-order valence-electron chi connectivity index (χ2n) is 4.54. The van der Waals surface area contributed by atoms with E-state index in [2.05, 4.69) is 15.2 Å². The average molecular weight is 219 g/mol. The molecular weight excluding hydrogens is 206 g/mol. The van der Waals surface area contributed by atoms with Crippen molar-refractivity contribution in [3.8, 4) is 0 Å². The molecule has 1 aliphatic rings. The summed E-state index contributed by atoms with van der Waals surface area (Å²) >= 11 is 0. The van der Waals surface area contributed by atoms with Gasteiger partial charge in [-0.05, 0) is 13.8 Å². The molecule has 1 fully saturated rings. The molecule has 3 heterocycles. The molecule has 16 heavy (non-hydrogen) atoms. The van der Waals surface area contributed by atoms with Gasteiger partial charge in [0, 0.05) is 25.5 Å². The maximum Gasteiger partial charge on any atom is 0.203 e. The van der Waals surface area contributed by atoms with E-state index in [0.717, 1.165) is 17.3 Å². The highest BCUT2D eigenvalue weighted by atomic mass is 16.3. The predicted octanol–water partition coefficient (Wildman–Crippen LogP) is 0.00372. The number of aromatic nitrogens is 4. The van der Waals surface area contributed by atoms with Crippen LogP contribution in [0.15, 0.2) is 12.4 Å². The normalized spacial score (nSPS) is 18.8. The molecular formula is C10H13N5O. The summed E-state index contributed by atoms with van der Waals surface area (Å²) in [6, 6.07) is 0. The van der Waals surface area contributed by atoms with E-state index in [9.17, 15) is 5.11 Å². The van der Waals surface area contributed by atoms with Crippen LogP contribution in [0.5, 0.6) is 0 Å². The molecule has 0 unspecified atom stereocenters. The molecule has 0 aromatic carbocycles. The molecule has 0 bridgehead atoms. The van der Waals surface area contributed by atoms with Gasteiger partial charge in [0.15, 0.2) is 5.82 Å². The van der Waals surface area contributed by atoms with Crippen LogP contribution in [0.1, 0.15) is 12.7 Å². The molecule has 0 spiro atoms. The summed E-state index contributed by atoms with van der Waals surface area (Å²) in [5.41, 5.74) is 0.138. The summed E-state index contributed by atoms with van der Waals surface area (Å²) in [5.74, 6) is 1.63. The van der Waals surface area contributed by atoms with Gasteiger partial charge in [0.2, 0.25) is 5.65 Å². The molecule has 0 radical (unpaired) electrons. The van der Waals surface area contributed by atoms with Gasteiger partial charge >= 0.3 is 0 Å². The van der Waals surface area contributed by atoms with Gasteiger partial charge in [0.25, 0.3) is 0 Å². The third-order valence-electron chi connectivity index (χ3n) is 2.84. The van der Waals surface area contributed by atoms with Crippen molar-refractivity contribution in [2.45, 2.75) is 19.4 Å². The van der Waals surface area contributed by atoms with Crippen molar-refractivity contribution in [2.75, 3.05) is 18.0 Å². The lowest BCUT2D eigenvalue weighted by Gasteiger charge is -2.44. The van der Waals surface area contributed by atoms with Gasteiger partial charge in [-0.2, -0.15) is 0 Å². The first kappa shape index (κ1) is 9.53. The van der Waals surface area contributed by atoms with E-state index >= 15 is 0 Å². The predicted molar refractivity (Wildman–Crippen MR) is 58.4 cm³/mol. The van der Waals surface area contributed by atoms with Gasteiger partial charge in [0.05, 0.1) is 5.60 Å². The number of hydrogen-bond donors (Lipinski definition) is 1. The maximum atomic E-state index is 9.71. The fourth-order valence-electron chi connectivity index (χ4n) is 2.08. The highest BCUT2D eigenvalue weighted by Gasteiger charge is 2.38. The van der Waals surface area contributed by atoms with Crippen LogP contribution in [0.25, 0.3) is 5.65 Å². The van der Waals surface area contributed by atoms with Crippen LogP contribution in [0.3, 0.4) is 0 Å². The largest absolute Gasteiger partial charge is 0.386 e. The van der Waals surface area contributed by atoms with Crippen molar-refractivity contribution in [1.82, 2.24) is 19.6 Å². The minimum absolute atomic E-state index is 0.589. The van der Waals surface area contributed by atoms with Gasteiger partial charge in [-0.15, -0.1) is 10.2 Å². The summed E-state index contributed by atoms with van der Waals surface area (Å²) in [6.07, 6.45) is 3.57. The Morgan fingerprint density at radius 3 is 2.81 bits per heavy atom. The Labute approximate surface area is 92.5 Å². The molecule has 6 heteroatoms. The third-order valence-corrected chi connectivity index (χ3v) is 2.84. The van der Waals surface area contributed by atoms with Crippen LogP contribution < -0.4 is 4.90 Å². The first-order chi connectivity index (χ1) is 7.57. The van der Waals surface area contributed by atoms with Crippen LogP contribution in [-0.4, -0.2) is 43.4 Å². The number of β-amino-alcohol motifs (C(OH)–C–C–N with tert-alkyl or cyclic N) is 1. The monoisotopic (exact) mass is 219 g/mol. The smallest absolute Gasteiger partial charge is 0.203 e. The van der Waals surface area contributed by atoms with E-state index in [4.69, 9.17) is 0 Å². The van der Waals surface area contributed by atoms with E-state index in [0.29, 0.717) is 13.1 Å². The molecule has 0 amide bonds. The molecule has 0 atom stereocenters. The fraction of sp³-hybridized carbons (Fsp3) is 0.500. The number of rotatable bonds is 1. The van der Waals surface area contributed by atoms with Crippen molar-refractivity contribution in [1.29, 1.82) is 0 Å². The summed E-state index contributed by atoms with van der Waals surface area (Å²) in [5, 5.41) is 17.8. The minimum atomic E-state index is -0.608. The SMILES string of the molecule is Cc1nnc2c(N3CC(C)(O)C3)nccn12. The Morgan fingerprint density at radius 1 is 1.38 bits per heavy atom. The van der Waals surface area contributed by atoms with E-state index in [1.165, 1.54) is 0 Å². The Hall–Kier alpha value is -1.69. The molecule has 2 aromatic heterocycles. The number of fused-ring (bicyclic) bond motifs is 1. The van der Waals surface area contributed by atoms with Crippen LogP contribution >= 0.6 is 0 Å². The second-order valence-corrected chi connectivity index (χ2v) is 4.54. The highest BCUT2D eigenvalue weighted by Crippen LogP contribution is 2.27. The van der Waals surface area contributed by atoms with Crippen LogP contribution in [-0.2, 0) is 0 Å². The molecule has 1 N–H and O–H groups in total. The maximum absolute atomic E-state index is 9.71. The Kier molecular flexibility index (Phi) is 1.74.